The largest absolute Gasteiger partial charge is 0.402 e. The lowest BCUT2D eigenvalue weighted by molar-refractivity contribution is -0.384. The molecule has 1 aliphatic rings. The molecule has 132 valence electrons. The van der Waals surface area contributed by atoms with Crippen molar-refractivity contribution in [3.8, 4) is 0 Å². The van der Waals surface area contributed by atoms with Crippen molar-refractivity contribution in [3.63, 3.8) is 0 Å². The predicted octanol–water partition coefficient (Wildman–Crippen LogP) is 4.75. The molecule has 0 aromatic heterocycles. The van der Waals surface area contributed by atoms with E-state index in [0.717, 1.165) is 16.3 Å². The number of rotatable bonds is 3. The summed E-state index contributed by atoms with van der Waals surface area (Å²) in [5, 5.41) is 13.0. The van der Waals surface area contributed by atoms with Crippen molar-refractivity contribution in [2.75, 3.05) is 0 Å². The van der Waals surface area contributed by atoms with Crippen molar-refractivity contribution in [1.29, 1.82) is 0 Å². The van der Waals surface area contributed by atoms with Gasteiger partial charge in [0.25, 0.3) is 5.69 Å². The molecule has 0 N–H and O–H groups in total. The summed E-state index contributed by atoms with van der Waals surface area (Å²) < 4.78 is 5.19. The number of hydrogen-bond donors (Lipinski definition) is 0. The van der Waals surface area contributed by atoms with Crippen molar-refractivity contribution in [2.45, 2.75) is 0 Å². The van der Waals surface area contributed by atoms with Gasteiger partial charge in [-0.25, -0.2) is 9.79 Å². The lowest BCUT2D eigenvalue weighted by Crippen LogP contribution is -2.06. The number of nitrogens with zero attached hydrogens (tertiary/aromatic N) is 2. The lowest BCUT2D eigenvalue weighted by Gasteiger charge is -2.02. The maximum Gasteiger partial charge on any atom is 0.363 e. The normalized spacial score (nSPS) is 15.1. The number of cyclic esters (lactones) is 1. The Labute approximate surface area is 158 Å². The van der Waals surface area contributed by atoms with Gasteiger partial charge in [0, 0.05) is 12.1 Å². The first kappa shape index (κ1) is 16.9. The first-order chi connectivity index (χ1) is 13.0. The summed E-state index contributed by atoms with van der Waals surface area (Å²) in [4.78, 5) is 26.6. The molecular formula is C20H11ClN2O4. The first-order valence-corrected chi connectivity index (χ1v) is 8.35. The third-order valence-corrected chi connectivity index (χ3v) is 4.40. The van der Waals surface area contributed by atoms with Crippen molar-refractivity contribution >= 4 is 46.0 Å². The number of nitro benzene ring substituents is 1. The van der Waals surface area contributed by atoms with Gasteiger partial charge in [0.05, 0.1) is 15.5 Å². The smallest absolute Gasteiger partial charge is 0.363 e. The van der Waals surface area contributed by atoms with Crippen LogP contribution in [-0.2, 0) is 9.53 Å². The molecule has 0 atom stereocenters. The predicted molar refractivity (Wildman–Crippen MR) is 103 cm³/mol. The summed E-state index contributed by atoms with van der Waals surface area (Å²) in [5.41, 5.74) is 1.10. The van der Waals surface area contributed by atoms with Crippen LogP contribution in [0.5, 0.6) is 0 Å². The van der Waals surface area contributed by atoms with Crippen molar-refractivity contribution in [2.24, 2.45) is 4.99 Å². The molecule has 1 heterocycles. The third kappa shape index (κ3) is 3.30. The van der Waals surface area contributed by atoms with E-state index in [2.05, 4.69) is 4.99 Å². The Kier molecular flexibility index (Phi) is 4.18. The van der Waals surface area contributed by atoms with Crippen molar-refractivity contribution in [1.82, 2.24) is 0 Å². The molecule has 6 nitrogen and oxygen atoms in total. The molecule has 0 aliphatic carbocycles. The number of hydrogen-bond acceptors (Lipinski definition) is 5. The molecule has 3 aromatic carbocycles. The SMILES string of the molecule is O=C1OC(c2ccc([N+](=O)[O-])cc2Cl)=N/C1=C/c1ccc2ccccc2c1. The summed E-state index contributed by atoms with van der Waals surface area (Å²) in [6.45, 7) is 0. The minimum Gasteiger partial charge on any atom is -0.402 e. The van der Waals surface area contributed by atoms with Crippen LogP contribution < -0.4 is 0 Å². The maximum atomic E-state index is 12.2. The summed E-state index contributed by atoms with van der Waals surface area (Å²) >= 11 is 6.08. The fraction of sp³-hybridized carbons (Fsp3) is 0. The van der Waals surface area contributed by atoms with E-state index in [1.54, 1.807) is 6.08 Å². The van der Waals surface area contributed by atoms with Crippen molar-refractivity contribution < 1.29 is 14.5 Å². The number of esters is 1. The average Bonchev–Trinajstić information content (AvgIpc) is 3.01. The summed E-state index contributed by atoms with van der Waals surface area (Å²) in [6, 6.07) is 17.6. The topological polar surface area (TPSA) is 81.8 Å². The zero-order valence-electron chi connectivity index (χ0n) is 13.8. The summed E-state index contributed by atoms with van der Waals surface area (Å²) in [7, 11) is 0. The summed E-state index contributed by atoms with van der Waals surface area (Å²) in [5.74, 6) is -0.584. The number of halogens is 1. The monoisotopic (exact) mass is 378 g/mol. The number of benzene rings is 3. The Bertz CT molecular complexity index is 1170. The van der Waals surface area contributed by atoms with E-state index in [9.17, 15) is 14.9 Å². The molecule has 0 fully saturated rings. The van der Waals surface area contributed by atoms with Crippen LogP contribution in [-0.4, -0.2) is 16.8 Å². The fourth-order valence-electron chi connectivity index (χ4n) is 2.77. The molecule has 0 bridgehead atoms. The molecule has 0 unspecified atom stereocenters. The molecule has 7 heteroatoms. The van der Waals surface area contributed by atoms with Gasteiger partial charge in [-0.15, -0.1) is 0 Å². The van der Waals surface area contributed by atoms with E-state index < -0.39 is 10.9 Å². The Morgan fingerprint density at radius 2 is 1.81 bits per heavy atom. The second kappa shape index (κ2) is 6.66. The van der Waals surface area contributed by atoms with Crippen LogP contribution in [0.2, 0.25) is 5.02 Å². The van der Waals surface area contributed by atoms with Gasteiger partial charge in [-0.3, -0.25) is 10.1 Å². The molecule has 4 rings (SSSR count). The fourth-order valence-corrected chi connectivity index (χ4v) is 3.03. The number of non-ortho nitro benzene ring substituents is 1. The van der Waals surface area contributed by atoms with Gasteiger partial charge in [-0.05, 0) is 34.5 Å². The van der Waals surface area contributed by atoms with Crippen LogP contribution in [0.3, 0.4) is 0 Å². The molecule has 27 heavy (non-hydrogen) atoms. The van der Waals surface area contributed by atoms with Crippen LogP contribution in [0.1, 0.15) is 11.1 Å². The van der Waals surface area contributed by atoms with E-state index in [1.165, 1.54) is 18.2 Å². The Balaban J connectivity index is 1.70. The molecule has 1 aliphatic heterocycles. The molecule has 3 aromatic rings. The Hall–Kier alpha value is -3.51. The van der Waals surface area contributed by atoms with E-state index >= 15 is 0 Å². The zero-order valence-corrected chi connectivity index (χ0v) is 14.5. The van der Waals surface area contributed by atoms with E-state index in [4.69, 9.17) is 16.3 Å². The highest BCUT2D eigenvalue weighted by atomic mass is 35.5. The van der Waals surface area contributed by atoms with Gasteiger partial charge in [0.1, 0.15) is 0 Å². The highest BCUT2D eigenvalue weighted by Gasteiger charge is 2.26. The number of fused-ring (bicyclic) bond motifs is 1. The Morgan fingerprint density at radius 1 is 1.04 bits per heavy atom. The maximum absolute atomic E-state index is 12.2. The van der Waals surface area contributed by atoms with Crippen LogP contribution in [0.25, 0.3) is 16.8 Å². The van der Waals surface area contributed by atoms with Gasteiger partial charge in [0.2, 0.25) is 5.90 Å². The quantitative estimate of drug-likeness (QED) is 0.285. The summed E-state index contributed by atoms with van der Waals surface area (Å²) in [6.07, 6.45) is 1.63. The van der Waals surface area contributed by atoms with Crippen LogP contribution in [0, 0.1) is 10.1 Å². The zero-order chi connectivity index (χ0) is 19.0. The minimum absolute atomic E-state index is 0.0203. The van der Waals surface area contributed by atoms with Crippen LogP contribution in [0.15, 0.2) is 71.4 Å². The number of ether oxygens (including phenoxy) is 1. The molecule has 0 spiro atoms. The Morgan fingerprint density at radius 3 is 2.56 bits per heavy atom. The highest BCUT2D eigenvalue weighted by Crippen LogP contribution is 2.27. The number of nitro groups is 1. The number of carbonyl (C=O) groups excluding carboxylic acids is 1. The van der Waals surface area contributed by atoms with E-state index in [0.29, 0.717) is 5.56 Å². The minimum atomic E-state index is -0.604. The molecule has 0 saturated heterocycles. The van der Waals surface area contributed by atoms with Crippen LogP contribution in [0.4, 0.5) is 5.69 Å². The van der Waals surface area contributed by atoms with Crippen molar-refractivity contribution in [3.05, 3.63) is 92.6 Å². The van der Waals surface area contributed by atoms with E-state index in [1.807, 2.05) is 42.5 Å². The second-order valence-corrected chi connectivity index (χ2v) is 6.27. The second-order valence-electron chi connectivity index (χ2n) is 5.86. The van der Waals surface area contributed by atoms with Gasteiger partial charge in [0.15, 0.2) is 5.70 Å². The standard InChI is InChI=1S/C20H11ClN2O4/c21-17-11-15(23(25)26)7-8-16(17)19-22-18(20(24)27-19)10-12-5-6-13-3-1-2-4-14(13)9-12/h1-11H/b18-10+. The van der Waals surface area contributed by atoms with E-state index in [-0.39, 0.29) is 22.3 Å². The van der Waals surface area contributed by atoms with Gasteiger partial charge < -0.3 is 4.74 Å². The molecular weight excluding hydrogens is 368 g/mol. The number of aliphatic imine (C=N–C) groups is 1. The molecule has 0 amide bonds. The molecule has 0 radical (unpaired) electrons. The number of carbonyl (C=O) groups is 1. The first-order valence-electron chi connectivity index (χ1n) is 7.97. The van der Waals surface area contributed by atoms with Gasteiger partial charge in [-0.2, -0.15) is 0 Å². The average molecular weight is 379 g/mol. The van der Waals surface area contributed by atoms with Gasteiger partial charge in [-0.1, -0.05) is 48.0 Å². The third-order valence-electron chi connectivity index (χ3n) is 4.09. The lowest BCUT2D eigenvalue weighted by atomic mass is 10.1. The van der Waals surface area contributed by atoms with Gasteiger partial charge >= 0.3 is 5.97 Å². The highest BCUT2D eigenvalue weighted by molar-refractivity contribution is 6.34. The molecule has 0 saturated carbocycles. The van der Waals surface area contributed by atoms with Crippen LogP contribution >= 0.6 is 11.6 Å².